The summed E-state index contributed by atoms with van der Waals surface area (Å²) in [4.78, 5) is 39.4. The number of rotatable bonds is 5. The van der Waals surface area contributed by atoms with Crippen molar-refractivity contribution in [1.82, 2.24) is 24.7 Å². The number of benzene rings is 1. The van der Waals surface area contributed by atoms with Crippen molar-refractivity contribution in [2.45, 2.75) is 18.8 Å². The molecule has 0 radical (unpaired) electrons. The van der Waals surface area contributed by atoms with Crippen molar-refractivity contribution in [3.05, 3.63) is 42.4 Å². The molecule has 31 heavy (non-hydrogen) atoms. The van der Waals surface area contributed by atoms with Crippen LogP contribution in [0.3, 0.4) is 0 Å². The van der Waals surface area contributed by atoms with E-state index in [1.54, 1.807) is 19.1 Å². The molecule has 0 atom stereocenters. The zero-order chi connectivity index (χ0) is 21.8. The van der Waals surface area contributed by atoms with E-state index < -0.39 is 0 Å². The highest BCUT2D eigenvalue weighted by Gasteiger charge is 2.28. The predicted molar refractivity (Wildman–Crippen MR) is 117 cm³/mol. The maximum atomic E-state index is 12.7. The molecule has 0 aliphatic carbocycles. The van der Waals surface area contributed by atoms with Crippen LogP contribution in [-0.2, 0) is 9.59 Å². The van der Waals surface area contributed by atoms with Crippen LogP contribution >= 0.6 is 0 Å². The van der Waals surface area contributed by atoms with Crippen LogP contribution in [0.25, 0.3) is 11.3 Å². The lowest BCUT2D eigenvalue weighted by Crippen LogP contribution is -2.52. The Morgan fingerprint density at radius 1 is 1.10 bits per heavy atom. The number of amides is 2. The number of aromatic nitrogens is 2. The number of nitrogens with zero attached hydrogens (tertiary/aromatic N) is 5. The first-order chi connectivity index (χ1) is 15.0. The molecule has 0 spiro atoms. The second-order valence-corrected chi connectivity index (χ2v) is 8.21. The third-order valence-corrected chi connectivity index (χ3v) is 6.17. The van der Waals surface area contributed by atoms with Gasteiger partial charge in [0.15, 0.2) is 0 Å². The van der Waals surface area contributed by atoms with Crippen molar-refractivity contribution in [2.24, 2.45) is 0 Å². The standard InChI is InChI=1S/C23H29N5O3/c1-26-13-14-27(15-21(26)29)16-22(30)28-11-8-18(9-12-28)23-24-10-7-20(25-23)17-3-5-19(31-2)6-4-17/h3-7,10,18H,8-9,11-16H2,1-2H3. The fourth-order valence-corrected chi connectivity index (χ4v) is 4.11. The van der Waals surface area contributed by atoms with Crippen LogP contribution in [0.1, 0.15) is 24.6 Å². The molecule has 2 aliphatic rings. The minimum atomic E-state index is 0.0756. The first kappa shape index (κ1) is 21.2. The van der Waals surface area contributed by atoms with Crippen molar-refractivity contribution in [3.8, 4) is 17.0 Å². The average Bonchev–Trinajstić information content (AvgIpc) is 2.82. The van der Waals surface area contributed by atoms with Gasteiger partial charge >= 0.3 is 0 Å². The molecule has 0 N–H and O–H groups in total. The molecule has 2 aliphatic heterocycles. The van der Waals surface area contributed by atoms with Gasteiger partial charge in [-0.25, -0.2) is 9.97 Å². The van der Waals surface area contributed by atoms with E-state index in [1.807, 2.05) is 46.3 Å². The average molecular weight is 424 g/mol. The molecule has 1 aromatic heterocycles. The van der Waals surface area contributed by atoms with Crippen molar-refractivity contribution >= 4 is 11.8 Å². The SMILES string of the molecule is COc1ccc(-c2ccnc(C3CCN(C(=O)CN4CCN(C)C(=O)C4)CC3)n2)cc1. The molecule has 0 bridgehead atoms. The van der Waals surface area contributed by atoms with Crippen molar-refractivity contribution in [2.75, 3.05) is 53.4 Å². The van der Waals surface area contributed by atoms with E-state index >= 15 is 0 Å². The van der Waals surface area contributed by atoms with Gasteiger partial charge in [-0.15, -0.1) is 0 Å². The van der Waals surface area contributed by atoms with E-state index in [4.69, 9.17) is 9.72 Å². The number of likely N-dealkylation sites (N-methyl/N-ethyl adjacent to an activating group) is 1. The van der Waals surface area contributed by atoms with Crippen LogP contribution in [0.2, 0.25) is 0 Å². The van der Waals surface area contributed by atoms with E-state index in [0.29, 0.717) is 32.7 Å². The van der Waals surface area contributed by atoms with Gasteiger partial charge in [0.2, 0.25) is 11.8 Å². The van der Waals surface area contributed by atoms with Gasteiger partial charge in [0.1, 0.15) is 11.6 Å². The minimum absolute atomic E-state index is 0.0756. The van der Waals surface area contributed by atoms with Crippen LogP contribution in [-0.4, -0.2) is 89.9 Å². The van der Waals surface area contributed by atoms with E-state index in [9.17, 15) is 9.59 Å². The van der Waals surface area contributed by atoms with Crippen molar-refractivity contribution < 1.29 is 14.3 Å². The molecule has 0 unspecified atom stereocenters. The molecule has 8 heteroatoms. The van der Waals surface area contributed by atoms with Crippen LogP contribution in [0, 0.1) is 0 Å². The molecule has 8 nitrogen and oxygen atoms in total. The molecule has 4 rings (SSSR count). The van der Waals surface area contributed by atoms with Crippen molar-refractivity contribution in [3.63, 3.8) is 0 Å². The number of hydrogen-bond donors (Lipinski definition) is 0. The third-order valence-electron chi connectivity index (χ3n) is 6.17. The second-order valence-electron chi connectivity index (χ2n) is 8.21. The van der Waals surface area contributed by atoms with E-state index in [-0.39, 0.29) is 17.7 Å². The first-order valence-electron chi connectivity index (χ1n) is 10.7. The van der Waals surface area contributed by atoms with Crippen molar-refractivity contribution in [1.29, 1.82) is 0 Å². The molecule has 2 saturated heterocycles. The lowest BCUT2D eigenvalue weighted by atomic mass is 9.95. The Kier molecular flexibility index (Phi) is 6.46. The summed E-state index contributed by atoms with van der Waals surface area (Å²) < 4.78 is 5.22. The predicted octanol–water partition coefficient (Wildman–Crippen LogP) is 1.63. The Morgan fingerprint density at radius 3 is 2.52 bits per heavy atom. The largest absolute Gasteiger partial charge is 0.497 e. The summed E-state index contributed by atoms with van der Waals surface area (Å²) in [6.07, 6.45) is 3.50. The zero-order valence-corrected chi connectivity index (χ0v) is 18.2. The number of methoxy groups -OCH3 is 1. The van der Waals surface area contributed by atoms with Gasteiger partial charge in [-0.3, -0.25) is 14.5 Å². The number of piperazine rings is 1. The van der Waals surface area contributed by atoms with E-state index in [0.717, 1.165) is 42.2 Å². The summed E-state index contributed by atoms with van der Waals surface area (Å²) in [5.74, 6) is 2.07. The van der Waals surface area contributed by atoms with Crippen LogP contribution in [0.5, 0.6) is 5.75 Å². The summed E-state index contributed by atoms with van der Waals surface area (Å²) in [6, 6.07) is 9.76. The highest BCUT2D eigenvalue weighted by atomic mass is 16.5. The molecule has 2 fully saturated rings. The number of ether oxygens (including phenoxy) is 1. The molecule has 3 heterocycles. The summed E-state index contributed by atoms with van der Waals surface area (Å²) in [5.41, 5.74) is 1.92. The van der Waals surface area contributed by atoms with Gasteiger partial charge in [0, 0.05) is 50.9 Å². The summed E-state index contributed by atoms with van der Waals surface area (Å²) in [5, 5.41) is 0. The molecule has 164 valence electrons. The Bertz CT molecular complexity index is 925. The summed E-state index contributed by atoms with van der Waals surface area (Å²) >= 11 is 0. The number of piperidine rings is 1. The molecule has 0 saturated carbocycles. The zero-order valence-electron chi connectivity index (χ0n) is 18.2. The molecule has 2 amide bonds. The quantitative estimate of drug-likeness (QED) is 0.727. The number of carbonyl (C=O) groups excluding carboxylic acids is 2. The summed E-state index contributed by atoms with van der Waals surface area (Å²) in [7, 11) is 3.46. The van der Waals surface area contributed by atoms with Gasteiger partial charge < -0.3 is 14.5 Å². The second kappa shape index (κ2) is 9.43. The molecular formula is C23H29N5O3. The normalized spacial score (nSPS) is 18.3. The van der Waals surface area contributed by atoms with Crippen LogP contribution < -0.4 is 4.74 Å². The number of hydrogen-bond acceptors (Lipinski definition) is 6. The Morgan fingerprint density at radius 2 is 1.84 bits per heavy atom. The highest BCUT2D eigenvalue weighted by Crippen LogP contribution is 2.28. The lowest BCUT2D eigenvalue weighted by molar-refractivity contribution is -0.138. The maximum absolute atomic E-state index is 12.7. The van der Waals surface area contributed by atoms with E-state index in [1.165, 1.54) is 0 Å². The van der Waals surface area contributed by atoms with Gasteiger partial charge in [0.25, 0.3) is 0 Å². The molecule has 2 aromatic rings. The van der Waals surface area contributed by atoms with Gasteiger partial charge in [-0.1, -0.05) is 0 Å². The molecule has 1 aromatic carbocycles. The topological polar surface area (TPSA) is 78.9 Å². The van der Waals surface area contributed by atoms with Crippen LogP contribution in [0.15, 0.2) is 36.5 Å². The number of carbonyl (C=O) groups is 2. The number of likely N-dealkylation sites (tertiary alicyclic amines) is 1. The van der Waals surface area contributed by atoms with E-state index in [2.05, 4.69) is 4.98 Å². The van der Waals surface area contributed by atoms with Crippen LogP contribution in [0.4, 0.5) is 0 Å². The fourth-order valence-electron chi connectivity index (χ4n) is 4.11. The van der Waals surface area contributed by atoms with Gasteiger partial charge in [0.05, 0.1) is 25.9 Å². The Labute approximate surface area is 182 Å². The lowest BCUT2D eigenvalue weighted by Gasteiger charge is -2.35. The van der Waals surface area contributed by atoms with Gasteiger partial charge in [-0.2, -0.15) is 0 Å². The highest BCUT2D eigenvalue weighted by molar-refractivity contribution is 5.82. The van der Waals surface area contributed by atoms with Gasteiger partial charge in [-0.05, 0) is 43.2 Å². The minimum Gasteiger partial charge on any atom is -0.497 e. The fraction of sp³-hybridized carbons (Fsp3) is 0.478. The Hall–Kier alpha value is -3.00. The smallest absolute Gasteiger partial charge is 0.236 e. The Balaban J connectivity index is 1.33. The monoisotopic (exact) mass is 423 g/mol. The third kappa shape index (κ3) is 5.02. The molecular weight excluding hydrogens is 394 g/mol. The maximum Gasteiger partial charge on any atom is 0.236 e. The first-order valence-corrected chi connectivity index (χ1v) is 10.7. The summed E-state index contributed by atoms with van der Waals surface area (Å²) in [6.45, 7) is 3.45.